The van der Waals surface area contributed by atoms with Gasteiger partial charge in [-0.15, -0.1) is 0 Å². The standard InChI is InChI=1S/C26H20FN3O/c1-18-23(26(31)30(28-18)21-11-3-2-4-12-21)16-22-15-19-9-6-8-14-25(19)29(22)17-20-10-5-7-13-24(20)27/h2-16H,17H2,1H3/b23-16+. The van der Waals surface area contributed by atoms with Gasteiger partial charge >= 0.3 is 0 Å². The number of hydrogen-bond donors (Lipinski definition) is 0. The number of benzene rings is 3. The van der Waals surface area contributed by atoms with Gasteiger partial charge in [0, 0.05) is 22.2 Å². The molecule has 0 unspecified atom stereocenters. The van der Waals surface area contributed by atoms with E-state index in [9.17, 15) is 9.18 Å². The van der Waals surface area contributed by atoms with Crippen LogP contribution < -0.4 is 5.01 Å². The Hall–Kier alpha value is -3.99. The molecule has 31 heavy (non-hydrogen) atoms. The first-order chi connectivity index (χ1) is 15.1. The molecule has 3 aromatic carbocycles. The molecular formula is C26H20FN3O. The average molecular weight is 409 g/mol. The van der Waals surface area contributed by atoms with Gasteiger partial charge in [-0.25, -0.2) is 4.39 Å². The molecule has 4 nitrogen and oxygen atoms in total. The molecule has 0 fully saturated rings. The van der Waals surface area contributed by atoms with Gasteiger partial charge in [-0.05, 0) is 43.3 Å². The Kier molecular flexibility index (Phi) is 4.71. The quantitative estimate of drug-likeness (QED) is 0.402. The minimum absolute atomic E-state index is 0.175. The molecule has 4 aromatic rings. The summed E-state index contributed by atoms with van der Waals surface area (Å²) >= 11 is 0. The molecule has 1 aliphatic heterocycles. The van der Waals surface area contributed by atoms with Crippen LogP contribution in [0.15, 0.2) is 95.6 Å². The van der Waals surface area contributed by atoms with Crippen LogP contribution in [0.25, 0.3) is 17.0 Å². The van der Waals surface area contributed by atoms with Gasteiger partial charge in [-0.2, -0.15) is 10.1 Å². The lowest BCUT2D eigenvalue weighted by molar-refractivity contribution is -0.114. The largest absolute Gasteiger partial charge is 0.336 e. The van der Waals surface area contributed by atoms with E-state index in [1.165, 1.54) is 11.1 Å². The second kappa shape index (κ2) is 7.69. The van der Waals surface area contributed by atoms with Crippen molar-refractivity contribution in [2.75, 3.05) is 5.01 Å². The van der Waals surface area contributed by atoms with Crippen LogP contribution in [-0.4, -0.2) is 16.2 Å². The van der Waals surface area contributed by atoms with Crippen molar-refractivity contribution < 1.29 is 9.18 Å². The number of nitrogens with zero attached hydrogens (tertiary/aromatic N) is 3. The summed E-state index contributed by atoms with van der Waals surface area (Å²) in [7, 11) is 0. The van der Waals surface area contributed by atoms with Crippen molar-refractivity contribution in [3.05, 3.63) is 108 Å². The molecule has 0 atom stereocenters. The summed E-state index contributed by atoms with van der Waals surface area (Å²) in [5.74, 6) is -0.421. The van der Waals surface area contributed by atoms with E-state index in [-0.39, 0.29) is 11.7 Å². The fourth-order valence-corrected chi connectivity index (χ4v) is 3.90. The number of aromatic nitrogens is 1. The third-order valence-corrected chi connectivity index (χ3v) is 5.48. The van der Waals surface area contributed by atoms with Gasteiger partial charge in [-0.1, -0.05) is 54.6 Å². The Morgan fingerprint density at radius 3 is 2.45 bits per heavy atom. The van der Waals surface area contributed by atoms with E-state index in [4.69, 9.17) is 0 Å². The number of carbonyl (C=O) groups is 1. The van der Waals surface area contributed by atoms with Crippen molar-refractivity contribution in [2.45, 2.75) is 13.5 Å². The Morgan fingerprint density at radius 1 is 0.935 bits per heavy atom. The molecule has 1 aliphatic rings. The zero-order chi connectivity index (χ0) is 21.4. The molecule has 152 valence electrons. The van der Waals surface area contributed by atoms with Gasteiger partial charge in [-0.3, -0.25) is 4.79 Å². The van der Waals surface area contributed by atoms with Crippen molar-refractivity contribution in [3.63, 3.8) is 0 Å². The summed E-state index contributed by atoms with van der Waals surface area (Å²) in [6.45, 7) is 2.20. The highest BCUT2D eigenvalue weighted by atomic mass is 19.1. The number of halogens is 1. The summed E-state index contributed by atoms with van der Waals surface area (Å²) in [6.07, 6.45) is 1.85. The highest BCUT2D eigenvalue weighted by Crippen LogP contribution is 2.28. The third kappa shape index (κ3) is 3.44. The van der Waals surface area contributed by atoms with Crippen LogP contribution in [0.5, 0.6) is 0 Å². The molecule has 5 heteroatoms. The van der Waals surface area contributed by atoms with Crippen LogP contribution in [0.2, 0.25) is 0 Å². The minimum Gasteiger partial charge on any atom is -0.336 e. The van der Waals surface area contributed by atoms with Crippen LogP contribution in [-0.2, 0) is 11.3 Å². The number of rotatable bonds is 4. The minimum atomic E-state index is -0.246. The van der Waals surface area contributed by atoms with Crippen molar-refractivity contribution in [1.29, 1.82) is 0 Å². The first-order valence-electron chi connectivity index (χ1n) is 10.1. The lowest BCUT2D eigenvalue weighted by atomic mass is 10.1. The summed E-state index contributed by atoms with van der Waals surface area (Å²) in [4.78, 5) is 13.1. The molecule has 1 aromatic heterocycles. The predicted molar refractivity (Wildman–Crippen MR) is 122 cm³/mol. The van der Waals surface area contributed by atoms with E-state index in [0.717, 1.165) is 22.3 Å². The fourth-order valence-electron chi connectivity index (χ4n) is 3.90. The first-order valence-corrected chi connectivity index (χ1v) is 10.1. The van der Waals surface area contributed by atoms with Crippen molar-refractivity contribution in [2.24, 2.45) is 5.10 Å². The maximum absolute atomic E-state index is 14.4. The molecule has 2 heterocycles. The zero-order valence-corrected chi connectivity index (χ0v) is 17.0. The smallest absolute Gasteiger partial charge is 0.280 e. The molecule has 1 amide bonds. The van der Waals surface area contributed by atoms with Crippen LogP contribution in [0.3, 0.4) is 0 Å². The maximum atomic E-state index is 14.4. The van der Waals surface area contributed by atoms with Gasteiger partial charge in [0.05, 0.1) is 23.5 Å². The number of amides is 1. The summed E-state index contributed by atoms with van der Waals surface area (Å²) in [5.41, 5.74) is 4.31. The Bertz CT molecular complexity index is 1350. The number of anilines is 1. The lowest BCUT2D eigenvalue weighted by Crippen LogP contribution is -2.21. The second-order valence-corrected chi connectivity index (χ2v) is 7.50. The van der Waals surface area contributed by atoms with Gasteiger partial charge in [0.2, 0.25) is 0 Å². The second-order valence-electron chi connectivity index (χ2n) is 7.50. The number of carbonyl (C=O) groups excluding carboxylic acids is 1. The van der Waals surface area contributed by atoms with Gasteiger partial charge < -0.3 is 4.57 Å². The van der Waals surface area contributed by atoms with Crippen LogP contribution in [0.4, 0.5) is 10.1 Å². The van der Waals surface area contributed by atoms with Crippen molar-refractivity contribution in [1.82, 2.24) is 4.57 Å². The number of fused-ring (bicyclic) bond motifs is 1. The Labute approximate surface area is 179 Å². The maximum Gasteiger partial charge on any atom is 0.280 e. The normalized spacial score (nSPS) is 15.2. The van der Waals surface area contributed by atoms with Gasteiger partial charge in [0.1, 0.15) is 5.82 Å². The first kappa shape index (κ1) is 19.0. The number of para-hydroxylation sites is 2. The van der Waals surface area contributed by atoms with Crippen LogP contribution >= 0.6 is 0 Å². The summed E-state index contributed by atoms with van der Waals surface area (Å²) in [6, 6.07) is 26.1. The van der Waals surface area contributed by atoms with Crippen molar-refractivity contribution >= 4 is 34.3 Å². The Morgan fingerprint density at radius 2 is 1.65 bits per heavy atom. The molecule has 0 saturated carbocycles. The SMILES string of the molecule is CC1=NN(c2ccccc2)C(=O)/C1=C/c1cc2ccccc2n1Cc1ccccc1F. The lowest BCUT2D eigenvalue weighted by Gasteiger charge is -2.12. The van der Waals surface area contributed by atoms with E-state index in [2.05, 4.69) is 5.10 Å². The number of hydrogen-bond acceptors (Lipinski definition) is 2. The molecule has 0 aliphatic carbocycles. The fraction of sp³-hybridized carbons (Fsp3) is 0.0769. The molecule has 0 saturated heterocycles. The predicted octanol–water partition coefficient (Wildman–Crippen LogP) is 5.63. The molecule has 0 spiro atoms. The monoisotopic (exact) mass is 409 g/mol. The Balaban J connectivity index is 1.59. The van der Waals surface area contributed by atoms with E-state index in [0.29, 0.717) is 23.4 Å². The van der Waals surface area contributed by atoms with E-state index >= 15 is 0 Å². The van der Waals surface area contributed by atoms with Crippen molar-refractivity contribution in [3.8, 4) is 0 Å². The van der Waals surface area contributed by atoms with Crippen LogP contribution in [0, 0.1) is 5.82 Å². The van der Waals surface area contributed by atoms with E-state index in [1.54, 1.807) is 12.1 Å². The summed E-state index contributed by atoms with van der Waals surface area (Å²) < 4.78 is 16.4. The average Bonchev–Trinajstić information content (AvgIpc) is 3.28. The topological polar surface area (TPSA) is 37.6 Å². The third-order valence-electron chi connectivity index (χ3n) is 5.48. The zero-order valence-electron chi connectivity index (χ0n) is 17.0. The molecule has 5 rings (SSSR count). The summed E-state index contributed by atoms with van der Waals surface area (Å²) in [5, 5.41) is 6.92. The van der Waals surface area contributed by atoms with Crippen LogP contribution in [0.1, 0.15) is 18.2 Å². The van der Waals surface area contributed by atoms with E-state index < -0.39 is 0 Å². The molecular weight excluding hydrogens is 389 g/mol. The van der Waals surface area contributed by atoms with Gasteiger partial charge in [0.15, 0.2) is 0 Å². The molecule has 0 radical (unpaired) electrons. The molecule has 0 bridgehead atoms. The highest BCUT2D eigenvalue weighted by Gasteiger charge is 2.29. The van der Waals surface area contributed by atoms with E-state index in [1.807, 2.05) is 84.3 Å². The molecule has 0 N–H and O–H groups in total. The van der Waals surface area contributed by atoms with Gasteiger partial charge in [0.25, 0.3) is 5.91 Å². The highest BCUT2D eigenvalue weighted by molar-refractivity contribution is 6.32. The number of hydrazone groups is 1.